The monoisotopic (exact) mass is 424 g/mol. The Balaban J connectivity index is 1.67. The Morgan fingerprint density at radius 1 is 1.13 bits per heavy atom. The van der Waals surface area contributed by atoms with Gasteiger partial charge in [0.1, 0.15) is 11.7 Å². The van der Waals surface area contributed by atoms with Crippen LogP contribution in [0, 0.1) is 28.6 Å². The average Bonchev–Trinajstić information content (AvgIpc) is 3.36. The van der Waals surface area contributed by atoms with E-state index in [2.05, 4.69) is 0 Å². The third-order valence-electron chi connectivity index (χ3n) is 9.91. The van der Waals surface area contributed by atoms with E-state index in [1.807, 2.05) is 13.8 Å². The maximum absolute atomic E-state index is 12.3. The van der Waals surface area contributed by atoms with Gasteiger partial charge in [0, 0.05) is 29.1 Å². The van der Waals surface area contributed by atoms with Gasteiger partial charge in [-0.3, -0.25) is 4.79 Å². The SMILES string of the molecule is CCC(=O)OC1[C@H]2CC[C@@H]3[C@]1(C[C@@H](O)[C@@]1(O)[C@@H]([C@@H]4O[C@@H]4C1(C)C)[C@]3(C)O)C[C@@]2(C)O. The molecule has 0 radical (unpaired) electrons. The van der Waals surface area contributed by atoms with Crippen LogP contribution >= 0.6 is 0 Å². The summed E-state index contributed by atoms with van der Waals surface area (Å²) < 4.78 is 11.8. The number of carbonyl (C=O) groups excluding carboxylic acids is 1. The second-order valence-corrected chi connectivity index (χ2v) is 11.8. The number of hydrogen-bond acceptors (Lipinski definition) is 7. The Kier molecular flexibility index (Phi) is 4.08. The first kappa shape index (κ1) is 21.1. The van der Waals surface area contributed by atoms with E-state index < -0.39 is 45.8 Å². The minimum absolute atomic E-state index is 0.179. The highest BCUT2D eigenvalue weighted by Crippen LogP contribution is 2.73. The van der Waals surface area contributed by atoms with E-state index in [9.17, 15) is 25.2 Å². The summed E-state index contributed by atoms with van der Waals surface area (Å²) in [6.45, 7) is 9.04. The normalized spacial score (nSPS) is 60.2. The van der Waals surface area contributed by atoms with E-state index in [0.717, 1.165) is 0 Å². The van der Waals surface area contributed by atoms with Gasteiger partial charge in [-0.2, -0.15) is 0 Å². The molecule has 5 rings (SSSR count). The Labute approximate surface area is 177 Å². The highest BCUT2D eigenvalue weighted by atomic mass is 16.6. The summed E-state index contributed by atoms with van der Waals surface area (Å²) in [6.07, 6.45) is -0.229. The quantitative estimate of drug-likeness (QED) is 0.388. The number of fused-ring (bicyclic) bond motifs is 4. The molecular formula is C23H36O7. The number of hydrogen-bond donors (Lipinski definition) is 4. The van der Waals surface area contributed by atoms with E-state index in [-0.39, 0.29) is 42.9 Å². The van der Waals surface area contributed by atoms with E-state index in [1.54, 1.807) is 20.8 Å². The van der Waals surface area contributed by atoms with E-state index >= 15 is 0 Å². The maximum Gasteiger partial charge on any atom is 0.305 e. The van der Waals surface area contributed by atoms with Gasteiger partial charge in [0.2, 0.25) is 0 Å². The van der Waals surface area contributed by atoms with E-state index in [4.69, 9.17) is 9.47 Å². The number of epoxide rings is 1. The maximum atomic E-state index is 12.3. The first-order chi connectivity index (χ1) is 13.7. The second-order valence-electron chi connectivity index (χ2n) is 11.8. The van der Waals surface area contributed by atoms with Gasteiger partial charge in [-0.1, -0.05) is 20.8 Å². The van der Waals surface area contributed by atoms with Crippen LogP contribution in [0.2, 0.25) is 0 Å². The van der Waals surface area contributed by atoms with Gasteiger partial charge < -0.3 is 29.9 Å². The molecule has 1 spiro atoms. The molecule has 4 aliphatic carbocycles. The summed E-state index contributed by atoms with van der Waals surface area (Å²) >= 11 is 0. The van der Waals surface area contributed by atoms with Crippen LogP contribution in [-0.2, 0) is 14.3 Å². The van der Waals surface area contributed by atoms with E-state index in [0.29, 0.717) is 19.3 Å². The first-order valence-corrected chi connectivity index (χ1v) is 11.4. The molecule has 7 nitrogen and oxygen atoms in total. The molecule has 0 amide bonds. The molecule has 1 saturated heterocycles. The highest BCUT2D eigenvalue weighted by Gasteiger charge is 2.83. The van der Waals surface area contributed by atoms with Crippen LogP contribution in [0.25, 0.3) is 0 Å². The van der Waals surface area contributed by atoms with Crippen LogP contribution in [0.4, 0.5) is 0 Å². The minimum Gasteiger partial charge on any atom is -0.461 e. The molecule has 4 N–H and O–H groups in total. The van der Waals surface area contributed by atoms with Crippen LogP contribution in [0.3, 0.4) is 0 Å². The Bertz CT molecular complexity index is 776. The third kappa shape index (κ3) is 2.21. The zero-order valence-electron chi connectivity index (χ0n) is 18.6. The zero-order valence-corrected chi connectivity index (χ0v) is 18.6. The lowest BCUT2D eigenvalue weighted by molar-refractivity contribution is -0.223. The zero-order chi connectivity index (χ0) is 22.1. The molecule has 170 valence electrons. The largest absolute Gasteiger partial charge is 0.461 e. The molecule has 5 aliphatic rings. The van der Waals surface area contributed by atoms with Gasteiger partial charge in [-0.05, 0) is 45.4 Å². The van der Waals surface area contributed by atoms with Crippen molar-refractivity contribution in [2.45, 2.75) is 108 Å². The van der Waals surface area contributed by atoms with Crippen molar-refractivity contribution in [2.24, 2.45) is 28.6 Å². The predicted molar refractivity (Wildman–Crippen MR) is 106 cm³/mol. The molecule has 2 bridgehead atoms. The Morgan fingerprint density at radius 3 is 2.43 bits per heavy atom. The fourth-order valence-corrected chi connectivity index (χ4v) is 8.66. The van der Waals surface area contributed by atoms with Crippen LogP contribution in [-0.4, -0.2) is 67.6 Å². The Morgan fingerprint density at radius 2 is 1.80 bits per heavy atom. The fourth-order valence-electron chi connectivity index (χ4n) is 8.66. The van der Waals surface area contributed by atoms with Gasteiger partial charge in [0.05, 0.1) is 29.5 Å². The summed E-state index contributed by atoms with van der Waals surface area (Å²) in [5.74, 6) is -1.57. The van der Waals surface area contributed by atoms with Crippen LogP contribution in [0.15, 0.2) is 0 Å². The highest BCUT2D eigenvalue weighted by molar-refractivity contribution is 5.69. The van der Waals surface area contributed by atoms with Crippen LogP contribution in [0.5, 0.6) is 0 Å². The molecule has 7 heteroatoms. The summed E-state index contributed by atoms with van der Waals surface area (Å²) in [7, 11) is 0. The van der Waals surface area contributed by atoms with Gasteiger partial charge in [-0.25, -0.2) is 0 Å². The molecule has 1 unspecified atom stereocenters. The summed E-state index contributed by atoms with van der Waals surface area (Å²) in [6, 6.07) is 0. The molecule has 1 heterocycles. The summed E-state index contributed by atoms with van der Waals surface area (Å²) in [5.41, 5.74) is -5.48. The number of aliphatic hydroxyl groups excluding tert-OH is 1. The molecule has 11 atom stereocenters. The average molecular weight is 425 g/mol. The van der Waals surface area contributed by atoms with Crippen molar-refractivity contribution in [2.75, 3.05) is 0 Å². The van der Waals surface area contributed by atoms with E-state index in [1.165, 1.54) is 0 Å². The lowest BCUT2D eigenvalue weighted by atomic mass is 9.57. The number of ether oxygens (including phenoxy) is 2. The van der Waals surface area contributed by atoms with Crippen molar-refractivity contribution in [3.8, 4) is 0 Å². The molecule has 30 heavy (non-hydrogen) atoms. The van der Waals surface area contributed by atoms with Crippen molar-refractivity contribution >= 4 is 5.97 Å². The minimum atomic E-state index is -1.53. The summed E-state index contributed by atoms with van der Waals surface area (Å²) in [4.78, 5) is 12.3. The number of aliphatic hydroxyl groups is 4. The van der Waals surface area contributed by atoms with Gasteiger partial charge in [0.25, 0.3) is 0 Å². The van der Waals surface area contributed by atoms with Crippen LogP contribution in [0.1, 0.15) is 66.7 Å². The molecule has 0 aromatic rings. The van der Waals surface area contributed by atoms with Crippen molar-refractivity contribution in [3.63, 3.8) is 0 Å². The first-order valence-electron chi connectivity index (χ1n) is 11.4. The predicted octanol–water partition coefficient (Wildman–Crippen LogP) is 1.15. The van der Waals surface area contributed by atoms with Crippen molar-refractivity contribution in [1.29, 1.82) is 0 Å². The molecule has 1 aliphatic heterocycles. The number of esters is 1. The molecule has 0 aromatic carbocycles. The summed E-state index contributed by atoms with van der Waals surface area (Å²) in [5, 5.41) is 46.8. The van der Waals surface area contributed by atoms with Gasteiger partial charge >= 0.3 is 5.97 Å². The van der Waals surface area contributed by atoms with Crippen LogP contribution < -0.4 is 0 Å². The topological polar surface area (TPSA) is 120 Å². The lowest BCUT2D eigenvalue weighted by Gasteiger charge is -2.52. The molecule has 5 fully saturated rings. The second kappa shape index (κ2) is 5.79. The Hall–Kier alpha value is -0.730. The van der Waals surface area contributed by atoms with Crippen molar-refractivity contribution < 1.29 is 34.7 Å². The number of rotatable bonds is 2. The smallest absolute Gasteiger partial charge is 0.305 e. The molecule has 4 saturated carbocycles. The number of carbonyl (C=O) groups is 1. The fraction of sp³-hybridized carbons (Fsp3) is 0.957. The third-order valence-corrected chi connectivity index (χ3v) is 9.91. The van der Waals surface area contributed by atoms with Gasteiger partial charge in [-0.15, -0.1) is 0 Å². The van der Waals surface area contributed by atoms with Gasteiger partial charge in [0.15, 0.2) is 0 Å². The van der Waals surface area contributed by atoms with Crippen molar-refractivity contribution in [1.82, 2.24) is 0 Å². The molecule has 0 aromatic heterocycles. The van der Waals surface area contributed by atoms with Crippen molar-refractivity contribution in [3.05, 3.63) is 0 Å². The molecular weight excluding hydrogens is 388 g/mol. The lowest BCUT2D eigenvalue weighted by Crippen LogP contribution is -2.63. The standard InChI is InChI=1S/C23H36O7/c1-6-14(25)29-17-11-7-8-12-21(5,27)16-15-18(30-15)19(2,3)23(16,28)13(24)9-22(12,17)10-20(11,4)26/h11-13,15-18,24,26-28H,6-10H2,1-5H3/t11-,12+,13-,15+,16+,17?,18+,20-,21-,22+,23-/m1/s1.